The van der Waals surface area contributed by atoms with Crippen LogP contribution in [-0.2, 0) is 19.0 Å². The Labute approximate surface area is 242 Å². The lowest BCUT2D eigenvalue weighted by Gasteiger charge is -2.65. The third-order valence-electron chi connectivity index (χ3n) is 12.7. The van der Waals surface area contributed by atoms with Gasteiger partial charge in [-0.1, -0.05) is 12.5 Å². The van der Waals surface area contributed by atoms with E-state index in [4.69, 9.17) is 14.2 Å². The van der Waals surface area contributed by atoms with Crippen LogP contribution < -0.4 is 0 Å². The van der Waals surface area contributed by atoms with Crippen molar-refractivity contribution in [3.63, 3.8) is 0 Å². The molecule has 4 N–H and O–H groups in total. The quantitative estimate of drug-likeness (QED) is 0.154. The number of fused-ring (bicyclic) bond motifs is 4. The van der Waals surface area contributed by atoms with Crippen LogP contribution in [0.1, 0.15) is 85.5 Å². The predicted molar refractivity (Wildman–Crippen MR) is 147 cm³/mol. The molecule has 6 rings (SSSR count). The largest absolute Gasteiger partial charge is 0.457 e. The molecule has 2 aliphatic heterocycles. The highest BCUT2D eigenvalue weighted by Gasteiger charge is 2.83. The minimum Gasteiger partial charge on any atom is -0.457 e. The van der Waals surface area contributed by atoms with Gasteiger partial charge in [-0.05, 0) is 84.0 Å². The third-order valence-corrected chi connectivity index (χ3v) is 13.0. The maximum atomic E-state index is 12.8. The fraction of sp³-hybridized carbons (Fsp3) is 0.862. The molecule has 218 valence electrons. The van der Waals surface area contributed by atoms with Gasteiger partial charge in [0.15, 0.2) is 0 Å². The van der Waals surface area contributed by atoms with Crippen molar-refractivity contribution in [3.05, 3.63) is 11.1 Å². The molecule has 4 saturated carbocycles. The van der Waals surface area contributed by atoms with Crippen LogP contribution in [0.2, 0.25) is 0 Å². The fourth-order valence-corrected chi connectivity index (χ4v) is 10.4. The van der Waals surface area contributed by atoms with Crippen molar-refractivity contribution in [3.8, 4) is 0 Å². The first-order chi connectivity index (χ1) is 18.1. The van der Waals surface area contributed by atoms with Crippen molar-refractivity contribution in [2.45, 2.75) is 126 Å². The minimum atomic E-state index is -1.94. The molecule has 0 radical (unpaired) electrons. The van der Waals surface area contributed by atoms with Crippen molar-refractivity contribution in [1.82, 2.24) is 0 Å². The molecule has 3 unspecified atom stereocenters. The highest BCUT2D eigenvalue weighted by molar-refractivity contribution is 14.1. The average molecular weight is 661 g/mol. The normalized spacial score (nSPS) is 52.0. The molecule has 1 saturated heterocycles. The number of rotatable bonds is 4. The van der Waals surface area contributed by atoms with Gasteiger partial charge < -0.3 is 34.6 Å². The van der Waals surface area contributed by atoms with E-state index in [0.29, 0.717) is 24.8 Å². The van der Waals surface area contributed by atoms with E-state index in [2.05, 4.69) is 6.92 Å². The number of aliphatic hydroxyl groups excluding tert-OH is 1. The van der Waals surface area contributed by atoms with Crippen LogP contribution in [-0.4, -0.2) is 77.7 Å². The number of esters is 1. The molecule has 0 aromatic carbocycles. The summed E-state index contributed by atoms with van der Waals surface area (Å²) in [4.78, 5) is 24.7. The molecular formula is C29H41IO9. The second kappa shape index (κ2) is 8.63. The number of carbonyl (C=O) groups is 2. The molecule has 9 nitrogen and oxygen atoms in total. The lowest BCUT2D eigenvalue weighted by Crippen LogP contribution is -2.75. The first-order valence-electron chi connectivity index (χ1n) is 14.3. The first-order valence-corrected chi connectivity index (χ1v) is 15.4. The van der Waals surface area contributed by atoms with E-state index >= 15 is 0 Å². The average Bonchev–Trinajstić information content (AvgIpc) is 3.52. The Morgan fingerprint density at radius 1 is 1.15 bits per heavy atom. The van der Waals surface area contributed by atoms with Gasteiger partial charge in [-0.15, -0.1) is 0 Å². The van der Waals surface area contributed by atoms with Crippen molar-refractivity contribution in [1.29, 1.82) is 0 Å². The van der Waals surface area contributed by atoms with Crippen LogP contribution in [0, 0.1) is 22.7 Å². The second-order valence-corrected chi connectivity index (χ2v) is 14.6. The molecule has 39 heavy (non-hydrogen) atoms. The maximum absolute atomic E-state index is 12.8. The monoisotopic (exact) mass is 660 g/mol. The van der Waals surface area contributed by atoms with Crippen LogP contribution in [0.15, 0.2) is 11.1 Å². The Bertz CT molecular complexity index is 1140. The summed E-state index contributed by atoms with van der Waals surface area (Å²) in [6.07, 6.45) is 2.71. The molecule has 0 aromatic rings. The number of epoxide rings is 1. The summed E-state index contributed by atoms with van der Waals surface area (Å²) in [5, 5.41) is 49.0. The number of ether oxygens (including phenoxy) is 3. The molecule has 2 heterocycles. The van der Waals surface area contributed by atoms with Gasteiger partial charge in [0.1, 0.15) is 29.5 Å². The Kier molecular flexibility index (Phi) is 6.27. The molecule has 10 heteroatoms. The SMILES string of the molecule is CC1=C(C)C(=O)OC(C(C)(O)[C@]2(O)CC[C@@]3(O)[C@@H]4C[C@H]5O[C@]56CCCC(O)[C@]6(C)[C@H]4CC[C@@]32COC(=O)I)C1. The smallest absolute Gasteiger partial charge is 0.367 e. The van der Waals surface area contributed by atoms with E-state index in [1.165, 1.54) is 29.5 Å². The molecule has 4 aliphatic carbocycles. The maximum Gasteiger partial charge on any atom is 0.367 e. The summed E-state index contributed by atoms with van der Waals surface area (Å²) in [7, 11) is 0. The summed E-state index contributed by atoms with van der Waals surface area (Å²) >= 11 is 1.54. The van der Waals surface area contributed by atoms with Crippen LogP contribution in [0.5, 0.6) is 0 Å². The van der Waals surface area contributed by atoms with E-state index in [1.54, 1.807) is 6.92 Å². The lowest BCUT2D eigenvalue weighted by molar-refractivity contribution is -0.300. The number of halogens is 1. The van der Waals surface area contributed by atoms with Crippen LogP contribution in [0.25, 0.3) is 0 Å². The van der Waals surface area contributed by atoms with E-state index < -0.39 is 49.8 Å². The molecule has 0 aromatic heterocycles. The second-order valence-electron chi connectivity index (χ2n) is 13.7. The van der Waals surface area contributed by atoms with Crippen molar-refractivity contribution in [2.24, 2.45) is 22.7 Å². The number of cyclic esters (lactones) is 1. The van der Waals surface area contributed by atoms with E-state index in [-0.39, 0.29) is 55.8 Å². The molecule has 5 fully saturated rings. The zero-order valence-corrected chi connectivity index (χ0v) is 25.3. The van der Waals surface area contributed by atoms with Crippen molar-refractivity contribution in [2.75, 3.05) is 6.61 Å². The molecule has 6 aliphatic rings. The summed E-state index contributed by atoms with van der Waals surface area (Å²) in [5.74, 6) is -0.932. The molecule has 0 bridgehead atoms. The first kappa shape index (κ1) is 28.3. The standard InChI is InChI=1S/C29H41IO9/c1-15-12-20(38-22(32)16(15)2)25(4,34)29(36)11-10-27(35)18-13-21-28(39-21)8-5-6-19(31)24(28,3)17(18)7-9-26(27,29)14-37-23(30)33/h17-21,31,34-36H,5-14H2,1-4H3/t17-,18+,19?,20?,21+,24-,25?,26+,27+,28+,29+/m0/s1. The van der Waals surface area contributed by atoms with Crippen LogP contribution in [0.4, 0.5) is 4.79 Å². The Morgan fingerprint density at radius 2 is 1.87 bits per heavy atom. The van der Waals surface area contributed by atoms with Crippen molar-refractivity contribution >= 4 is 32.5 Å². The summed E-state index contributed by atoms with van der Waals surface area (Å²) < 4.78 is 17.1. The minimum absolute atomic E-state index is 0.0459. The Balaban J connectivity index is 1.43. The van der Waals surface area contributed by atoms with E-state index in [0.717, 1.165) is 18.4 Å². The van der Waals surface area contributed by atoms with Gasteiger partial charge in [0, 0.05) is 17.4 Å². The van der Waals surface area contributed by atoms with Crippen LogP contribution in [0.3, 0.4) is 0 Å². The highest BCUT2D eigenvalue weighted by Crippen LogP contribution is 2.76. The van der Waals surface area contributed by atoms with Gasteiger partial charge in [-0.2, -0.15) is 0 Å². The van der Waals surface area contributed by atoms with Gasteiger partial charge in [0.2, 0.25) is 0 Å². The summed E-state index contributed by atoms with van der Waals surface area (Å²) in [6, 6.07) is 0. The van der Waals surface area contributed by atoms with Gasteiger partial charge in [0.25, 0.3) is 0 Å². The number of hydrogen-bond donors (Lipinski definition) is 4. The van der Waals surface area contributed by atoms with Crippen molar-refractivity contribution < 1.29 is 44.2 Å². The fourth-order valence-electron chi connectivity index (χ4n) is 10.2. The molecular weight excluding hydrogens is 619 g/mol. The van der Waals surface area contributed by atoms with Gasteiger partial charge in [0.05, 0.1) is 45.8 Å². The number of carbonyl (C=O) groups excluding carboxylic acids is 2. The van der Waals surface area contributed by atoms with Gasteiger partial charge in [-0.25, -0.2) is 9.59 Å². The Hall–Kier alpha value is -0.790. The third kappa shape index (κ3) is 3.30. The zero-order valence-electron chi connectivity index (χ0n) is 23.2. The van der Waals surface area contributed by atoms with E-state index in [1.807, 2.05) is 6.92 Å². The predicted octanol–water partition coefficient (Wildman–Crippen LogP) is 3.32. The number of hydrogen-bond acceptors (Lipinski definition) is 9. The molecule has 11 atom stereocenters. The van der Waals surface area contributed by atoms with Gasteiger partial charge >= 0.3 is 9.95 Å². The summed E-state index contributed by atoms with van der Waals surface area (Å²) in [6.45, 7) is 6.80. The van der Waals surface area contributed by atoms with E-state index in [9.17, 15) is 30.0 Å². The summed E-state index contributed by atoms with van der Waals surface area (Å²) in [5.41, 5.74) is -6.43. The highest BCUT2D eigenvalue weighted by atomic mass is 127. The van der Waals surface area contributed by atoms with Gasteiger partial charge in [-0.3, -0.25) is 0 Å². The molecule has 0 amide bonds. The number of aliphatic hydroxyl groups is 4. The Morgan fingerprint density at radius 3 is 2.54 bits per heavy atom. The zero-order chi connectivity index (χ0) is 28.4. The lowest BCUT2D eigenvalue weighted by atomic mass is 9.41. The molecule has 1 spiro atoms. The topological polar surface area (TPSA) is 146 Å². The van der Waals surface area contributed by atoms with Crippen LogP contribution >= 0.6 is 22.6 Å².